The second-order valence-electron chi connectivity index (χ2n) is 4.57. The largest absolute Gasteiger partial charge is 0.409 e. The second-order valence-corrected chi connectivity index (χ2v) is 4.57. The molecule has 1 aliphatic rings. The summed E-state index contributed by atoms with van der Waals surface area (Å²) in [5.74, 6) is -0.685. The molecule has 0 bridgehead atoms. The lowest BCUT2D eigenvalue weighted by Crippen LogP contribution is -2.47. The maximum atomic E-state index is 11.9. The van der Waals surface area contributed by atoms with Crippen molar-refractivity contribution in [1.82, 2.24) is 10.2 Å². The van der Waals surface area contributed by atoms with E-state index >= 15 is 0 Å². The lowest BCUT2D eigenvalue weighted by Gasteiger charge is -2.30. The quantitative estimate of drug-likeness (QED) is 0.279. The molecule has 0 aliphatic carbocycles. The van der Waals surface area contributed by atoms with Crippen molar-refractivity contribution in [2.45, 2.75) is 32.2 Å². The SMILES string of the molecule is CCC(C(=O)NC1CCN(C)CC1)C(N)=NO. The summed E-state index contributed by atoms with van der Waals surface area (Å²) in [6.07, 6.45) is 2.44. The van der Waals surface area contributed by atoms with Gasteiger partial charge in [-0.15, -0.1) is 0 Å². The number of nitrogens with two attached hydrogens (primary N) is 1. The Hall–Kier alpha value is -1.30. The Bertz CT molecular complexity index is 285. The molecule has 1 heterocycles. The highest BCUT2D eigenvalue weighted by atomic mass is 16.4. The van der Waals surface area contributed by atoms with Crippen LogP contribution < -0.4 is 11.1 Å². The molecule has 1 atom stereocenters. The Morgan fingerprint density at radius 2 is 2.18 bits per heavy atom. The molecule has 0 radical (unpaired) electrons. The number of piperidine rings is 1. The fourth-order valence-electron chi connectivity index (χ4n) is 2.05. The van der Waals surface area contributed by atoms with Crippen LogP contribution in [0.1, 0.15) is 26.2 Å². The first-order chi connectivity index (χ1) is 8.08. The molecular formula is C11H22N4O2. The number of carbonyl (C=O) groups is 1. The topological polar surface area (TPSA) is 91.0 Å². The van der Waals surface area contributed by atoms with E-state index in [1.54, 1.807) is 0 Å². The molecule has 0 aromatic carbocycles. The Morgan fingerprint density at radius 3 is 2.65 bits per heavy atom. The van der Waals surface area contributed by atoms with E-state index in [0.717, 1.165) is 25.9 Å². The van der Waals surface area contributed by atoms with Crippen LogP contribution in [0, 0.1) is 5.92 Å². The Balaban J connectivity index is 2.47. The van der Waals surface area contributed by atoms with Gasteiger partial charge in [0.25, 0.3) is 0 Å². The van der Waals surface area contributed by atoms with E-state index in [0.29, 0.717) is 6.42 Å². The third-order valence-electron chi connectivity index (χ3n) is 3.26. The number of hydrogen-bond acceptors (Lipinski definition) is 4. The van der Waals surface area contributed by atoms with Crippen molar-refractivity contribution in [3.63, 3.8) is 0 Å². The third kappa shape index (κ3) is 3.89. The molecule has 0 aromatic rings. The summed E-state index contributed by atoms with van der Waals surface area (Å²) in [5, 5.41) is 14.5. The summed E-state index contributed by atoms with van der Waals surface area (Å²) in [5.41, 5.74) is 5.49. The van der Waals surface area contributed by atoms with Gasteiger partial charge in [-0.25, -0.2) is 0 Å². The maximum Gasteiger partial charge on any atom is 0.231 e. The van der Waals surface area contributed by atoms with E-state index in [-0.39, 0.29) is 17.8 Å². The van der Waals surface area contributed by atoms with E-state index in [1.807, 2.05) is 6.92 Å². The summed E-state index contributed by atoms with van der Waals surface area (Å²) < 4.78 is 0. The number of amidine groups is 1. The highest BCUT2D eigenvalue weighted by molar-refractivity contribution is 6.02. The standard InChI is InChI=1S/C11H22N4O2/c1-3-9(10(12)14-17)11(16)13-8-4-6-15(2)7-5-8/h8-9,17H,3-7H2,1-2H3,(H2,12,14)(H,13,16). The van der Waals surface area contributed by atoms with Crippen molar-refractivity contribution >= 4 is 11.7 Å². The number of oxime groups is 1. The number of likely N-dealkylation sites (tertiary alicyclic amines) is 1. The van der Waals surface area contributed by atoms with Gasteiger partial charge in [-0.3, -0.25) is 4.79 Å². The van der Waals surface area contributed by atoms with Crippen LogP contribution in [0.25, 0.3) is 0 Å². The minimum Gasteiger partial charge on any atom is -0.409 e. The zero-order valence-electron chi connectivity index (χ0n) is 10.5. The number of hydrogen-bond donors (Lipinski definition) is 3. The van der Waals surface area contributed by atoms with Gasteiger partial charge < -0.3 is 21.2 Å². The van der Waals surface area contributed by atoms with Crippen molar-refractivity contribution in [1.29, 1.82) is 0 Å². The van der Waals surface area contributed by atoms with Gasteiger partial charge in [-0.1, -0.05) is 12.1 Å². The molecule has 17 heavy (non-hydrogen) atoms. The van der Waals surface area contributed by atoms with E-state index in [2.05, 4.69) is 22.4 Å². The molecule has 4 N–H and O–H groups in total. The van der Waals surface area contributed by atoms with Crippen molar-refractivity contribution in [2.24, 2.45) is 16.8 Å². The van der Waals surface area contributed by atoms with Gasteiger partial charge >= 0.3 is 0 Å². The lowest BCUT2D eigenvalue weighted by molar-refractivity contribution is -0.124. The third-order valence-corrected chi connectivity index (χ3v) is 3.26. The molecule has 1 saturated heterocycles. The monoisotopic (exact) mass is 242 g/mol. The average Bonchev–Trinajstić information content (AvgIpc) is 2.32. The average molecular weight is 242 g/mol. The van der Waals surface area contributed by atoms with Crippen molar-refractivity contribution in [3.8, 4) is 0 Å². The highest BCUT2D eigenvalue weighted by Gasteiger charge is 2.25. The predicted molar refractivity (Wildman–Crippen MR) is 65.9 cm³/mol. The van der Waals surface area contributed by atoms with Crippen LogP contribution in [0.4, 0.5) is 0 Å². The number of carbonyl (C=O) groups excluding carboxylic acids is 1. The number of nitrogens with one attached hydrogen (secondary N) is 1. The molecule has 1 rings (SSSR count). The van der Waals surface area contributed by atoms with E-state index in [1.165, 1.54) is 0 Å². The van der Waals surface area contributed by atoms with Gasteiger partial charge in [0, 0.05) is 6.04 Å². The van der Waals surface area contributed by atoms with Crippen LogP contribution in [0.15, 0.2) is 5.16 Å². The minimum absolute atomic E-state index is 0.0158. The summed E-state index contributed by atoms with van der Waals surface area (Å²) in [7, 11) is 2.07. The van der Waals surface area contributed by atoms with Crippen LogP contribution in [-0.4, -0.2) is 48.0 Å². The Kier molecular flexibility index (Phi) is 5.21. The lowest BCUT2D eigenvalue weighted by atomic mass is 10.0. The Morgan fingerprint density at radius 1 is 1.59 bits per heavy atom. The molecule has 98 valence electrons. The molecule has 6 nitrogen and oxygen atoms in total. The van der Waals surface area contributed by atoms with Crippen LogP contribution in [0.3, 0.4) is 0 Å². The first kappa shape index (κ1) is 13.8. The van der Waals surface area contributed by atoms with Gasteiger partial charge in [0.05, 0.1) is 5.92 Å². The fraction of sp³-hybridized carbons (Fsp3) is 0.818. The van der Waals surface area contributed by atoms with Gasteiger partial charge in [0.2, 0.25) is 5.91 Å². The molecule has 0 aromatic heterocycles. The van der Waals surface area contributed by atoms with Gasteiger partial charge in [-0.05, 0) is 39.4 Å². The van der Waals surface area contributed by atoms with Crippen molar-refractivity contribution in [2.75, 3.05) is 20.1 Å². The molecule has 1 amide bonds. The van der Waals surface area contributed by atoms with Crippen molar-refractivity contribution in [3.05, 3.63) is 0 Å². The van der Waals surface area contributed by atoms with Gasteiger partial charge in [-0.2, -0.15) is 0 Å². The summed E-state index contributed by atoms with van der Waals surface area (Å²) in [4.78, 5) is 14.2. The fourth-order valence-corrected chi connectivity index (χ4v) is 2.05. The zero-order valence-corrected chi connectivity index (χ0v) is 10.5. The normalized spacial score (nSPS) is 21.2. The summed E-state index contributed by atoms with van der Waals surface area (Å²) >= 11 is 0. The molecule has 1 aliphatic heterocycles. The summed E-state index contributed by atoms with van der Waals surface area (Å²) in [6, 6.07) is 0.208. The maximum absolute atomic E-state index is 11.9. The number of nitrogens with zero attached hydrogens (tertiary/aromatic N) is 2. The first-order valence-corrected chi connectivity index (χ1v) is 6.04. The van der Waals surface area contributed by atoms with Crippen LogP contribution in [-0.2, 0) is 4.79 Å². The van der Waals surface area contributed by atoms with E-state index in [9.17, 15) is 4.79 Å². The highest BCUT2D eigenvalue weighted by Crippen LogP contribution is 2.10. The summed E-state index contributed by atoms with van der Waals surface area (Å²) in [6.45, 7) is 3.83. The second kappa shape index (κ2) is 6.44. The molecule has 0 saturated carbocycles. The molecule has 1 fully saturated rings. The molecule has 1 unspecified atom stereocenters. The molecule has 0 spiro atoms. The van der Waals surface area contributed by atoms with Crippen LogP contribution in [0.2, 0.25) is 0 Å². The molecule has 6 heteroatoms. The smallest absolute Gasteiger partial charge is 0.231 e. The zero-order chi connectivity index (χ0) is 12.8. The predicted octanol–water partition coefficient (Wildman–Crippen LogP) is -0.0306. The Labute approximate surface area is 102 Å². The van der Waals surface area contributed by atoms with Crippen LogP contribution >= 0.6 is 0 Å². The van der Waals surface area contributed by atoms with E-state index < -0.39 is 5.92 Å². The van der Waals surface area contributed by atoms with Gasteiger partial charge in [0.1, 0.15) is 0 Å². The van der Waals surface area contributed by atoms with Gasteiger partial charge in [0.15, 0.2) is 5.84 Å². The van der Waals surface area contributed by atoms with Crippen LogP contribution in [0.5, 0.6) is 0 Å². The van der Waals surface area contributed by atoms with Crippen molar-refractivity contribution < 1.29 is 10.0 Å². The minimum atomic E-state index is -0.528. The number of rotatable bonds is 4. The van der Waals surface area contributed by atoms with E-state index in [4.69, 9.17) is 10.9 Å². The first-order valence-electron chi connectivity index (χ1n) is 6.04. The number of amides is 1. The molecular weight excluding hydrogens is 220 g/mol.